The van der Waals surface area contributed by atoms with E-state index in [4.69, 9.17) is 11.5 Å². The van der Waals surface area contributed by atoms with Crippen LogP contribution < -0.4 is 11.5 Å². The van der Waals surface area contributed by atoms with Crippen LogP contribution in [-0.2, 0) is 6.42 Å². The Hall–Kier alpha value is -1.87. The van der Waals surface area contributed by atoms with E-state index in [-0.39, 0.29) is 6.04 Å². The van der Waals surface area contributed by atoms with Crippen LogP contribution in [-0.4, -0.2) is 4.98 Å². The summed E-state index contributed by atoms with van der Waals surface area (Å²) in [6.45, 7) is 2.01. The van der Waals surface area contributed by atoms with E-state index < -0.39 is 0 Å². The maximum atomic E-state index is 6.36. The highest BCUT2D eigenvalue weighted by Crippen LogP contribution is 2.43. The van der Waals surface area contributed by atoms with Gasteiger partial charge in [-0.05, 0) is 36.1 Å². The average molecular weight is 239 g/mol. The Labute approximate surface area is 107 Å². The minimum Gasteiger partial charge on any atom is -0.383 e. The van der Waals surface area contributed by atoms with Gasteiger partial charge in [-0.2, -0.15) is 0 Å². The number of fused-ring (bicyclic) bond motifs is 1. The molecule has 18 heavy (non-hydrogen) atoms. The molecule has 0 saturated heterocycles. The Balaban J connectivity index is 1.93. The van der Waals surface area contributed by atoms with Crippen molar-refractivity contribution in [3.05, 3.63) is 58.8 Å². The molecule has 1 aliphatic rings. The van der Waals surface area contributed by atoms with Gasteiger partial charge in [0.25, 0.3) is 0 Å². The molecule has 0 fully saturated rings. The molecular formula is C15H17N3. The fourth-order valence-electron chi connectivity index (χ4n) is 2.70. The van der Waals surface area contributed by atoms with Gasteiger partial charge in [-0.15, -0.1) is 0 Å². The minimum absolute atomic E-state index is 0.0627. The number of pyridine rings is 1. The SMILES string of the molecule is Cc1cnc(N)c(C(N)C2Cc3ccccc32)c1. The lowest BCUT2D eigenvalue weighted by Crippen LogP contribution is -2.29. The summed E-state index contributed by atoms with van der Waals surface area (Å²) in [4.78, 5) is 4.19. The Morgan fingerprint density at radius 3 is 2.89 bits per heavy atom. The van der Waals surface area contributed by atoms with Crippen molar-refractivity contribution >= 4 is 5.82 Å². The number of hydrogen-bond donors (Lipinski definition) is 2. The zero-order valence-electron chi connectivity index (χ0n) is 10.4. The van der Waals surface area contributed by atoms with Crippen molar-refractivity contribution in [2.24, 2.45) is 5.73 Å². The van der Waals surface area contributed by atoms with Gasteiger partial charge in [-0.3, -0.25) is 0 Å². The monoisotopic (exact) mass is 239 g/mol. The second-order valence-corrected chi connectivity index (χ2v) is 5.02. The first-order chi connectivity index (χ1) is 8.66. The molecule has 2 atom stereocenters. The smallest absolute Gasteiger partial charge is 0.128 e. The van der Waals surface area contributed by atoms with Crippen molar-refractivity contribution in [1.29, 1.82) is 0 Å². The van der Waals surface area contributed by atoms with Crippen molar-refractivity contribution < 1.29 is 0 Å². The van der Waals surface area contributed by atoms with Crippen molar-refractivity contribution in [3.63, 3.8) is 0 Å². The molecule has 3 nitrogen and oxygen atoms in total. The summed E-state index contributed by atoms with van der Waals surface area (Å²) in [5, 5.41) is 0. The molecule has 2 aromatic rings. The molecule has 2 unspecified atom stereocenters. The van der Waals surface area contributed by atoms with Crippen LogP contribution in [0.2, 0.25) is 0 Å². The Bertz CT molecular complexity index is 592. The Morgan fingerprint density at radius 2 is 2.11 bits per heavy atom. The number of hydrogen-bond acceptors (Lipinski definition) is 3. The number of benzene rings is 1. The van der Waals surface area contributed by atoms with E-state index in [0.717, 1.165) is 17.5 Å². The van der Waals surface area contributed by atoms with Crippen LogP contribution in [0.3, 0.4) is 0 Å². The van der Waals surface area contributed by atoms with Crippen molar-refractivity contribution in [2.45, 2.75) is 25.3 Å². The van der Waals surface area contributed by atoms with Crippen LogP contribution in [0.5, 0.6) is 0 Å². The quantitative estimate of drug-likeness (QED) is 0.845. The lowest BCUT2D eigenvalue weighted by molar-refractivity contribution is 0.500. The van der Waals surface area contributed by atoms with Gasteiger partial charge in [0, 0.05) is 23.7 Å². The standard InChI is InChI=1S/C15H17N3/c1-9-6-13(15(17)18-8-9)14(16)12-7-10-4-2-3-5-11(10)12/h2-6,8,12,14H,7,16H2,1H3,(H2,17,18). The molecule has 1 heterocycles. The predicted molar refractivity (Wildman–Crippen MR) is 73.2 cm³/mol. The molecule has 0 bridgehead atoms. The molecule has 4 N–H and O–H groups in total. The van der Waals surface area contributed by atoms with E-state index in [1.165, 1.54) is 11.1 Å². The number of rotatable bonds is 2. The van der Waals surface area contributed by atoms with Crippen LogP contribution in [0, 0.1) is 6.92 Å². The topological polar surface area (TPSA) is 64.9 Å². The zero-order valence-corrected chi connectivity index (χ0v) is 10.4. The van der Waals surface area contributed by atoms with Crippen LogP contribution in [0.25, 0.3) is 0 Å². The first-order valence-corrected chi connectivity index (χ1v) is 6.22. The van der Waals surface area contributed by atoms with Gasteiger partial charge in [0.2, 0.25) is 0 Å². The number of aryl methyl sites for hydroxylation is 1. The molecular weight excluding hydrogens is 222 g/mol. The van der Waals surface area contributed by atoms with Gasteiger partial charge in [0.05, 0.1) is 0 Å². The summed E-state index contributed by atoms with van der Waals surface area (Å²) in [5.74, 6) is 0.921. The van der Waals surface area contributed by atoms with Crippen LogP contribution in [0.15, 0.2) is 36.5 Å². The second kappa shape index (κ2) is 4.10. The third-order valence-corrected chi connectivity index (χ3v) is 3.77. The summed E-state index contributed by atoms with van der Waals surface area (Å²) in [6, 6.07) is 10.4. The predicted octanol–water partition coefficient (Wildman–Crippen LogP) is 2.31. The summed E-state index contributed by atoms with van der Waals surface area (Å²) < 4.78 is 0. The first kappa shape index (κ1) is 11.2. The lowest BCUT2D eigenvalue weighted by atomic mass is 9.72. The molecule has 1 aliphatic carbocycles. The van der Waals surface area contributed by atoms with E-state index in [2.05, 4.69) is 29.2 Å². The average Bonchev–Trinajstić information content (AvgIpc) is 2.33. The fourth-order valence-corrected chi connectivity index (χ4v) is 2.70. The molecule has 3 rings (SSSR count). The van der Waals surface area contributed by atoms with E-state index in [9.17, 15) is 0 Å². The molecule has 1 aromatic carbocycles. The second-order valence-electron chi connectivity index (χ2n) is 5.02. The van der Waals surface area contributed by atoms with Gasteiger partial charge < -0.3 is 11.5 Å². The van der Waals surface area contributed by atoms with Crippen molar-refractivity contribution in [3.8, 4) is 0 Å². The maximum Gasteiger partial charge on any atom is 0.128 e. The minimum atomic E-state index is -0.0627. The number of aromatic nitrogens is 1. The van der Waals surface area contributed by atoms with Gasteiger partial charge in [-0.1, -0.05) is 24.3 Å². The van der Waals surface area contributed by atoms with Crippen LogP contribution >= 0.6 is 0 Å². The number of nitrogens with zero attached hydrogens (tertiary/aromatic N) is 1. The molecule has 0 amide bonds. The Kier molecular flexibility index (Phi) is 2.56. The lowest BCUT2D eigenvalue weighted by Gasteiger charge is -2.35. The van der Waals surface area contributed by atoms with Gasteiger partial charge >= 0.3 is 0 Å². The maximum absolute atomic E-state index is 6.36. The molecule has 1 aromatic heterocycles. The highest BCUT2D eigenvalue weighted by molar-refractivity contribution is 5.48. The molecule has 0 saturated carbocycles. The van der Waals surface area contributed by atoms with Gasteiger partial charge in [0.1, 0.15) is 5.82 Å². The first-order valence-electron chi connectivity index (χ1n) is 6.22. The third kappa shape index (κ3) is 1.68. The van der Waals surface area contributed by atoms with Crippen LogP contribution in [0.4, 0.5) is 5.82 Å². The largest absolute Gasteiger partial charge is 0.383 e. The molecule has 92 valence electrons. The summed E-state index contributed by atoms with van der Waals surface area (Å²) >= 11 is 0. The van der Waals surface area contributed by atoms with E-state index in [1.807, 2.05) is 13.0 Å². The van der Waals surface area contributed by atoms with Crippen molar-refractivity contribution in [1.82, 2.24) is 4.98 Å². The van der Waals surface area contributed by atoms with Gasteiger partial charge in [0.15, 0.2) is 0 Å². The van der Waals surface area contributed by atoms with Crippen LogP contribution in [0.1, 0.15) is 34.2 Å². The highest BCUT2D eigenvalue weighted by atomic mass is 14.8. The third-order valence-electron chi connectivity index (χ3n) is 3.77. The molecule has 0 spiro atoms. The number of nitrogen functional groups attached to an aromatic ring is 1. The zero-order chi connectivity index (χ0) is 12.7. The molecule has 3 heteroatoms. The van der Waals surface area contributed by atoms with E-state index in [0.29, 0.717) is 11.7 Å². The number of anilines is 1. The number of nitrogens with two attached hydrogens (primary N) is 2. The summed E-state index contributed by atoms with van der Waals surface area (Å²) in [5.41, 5.74) is 17.1. The summed E-state index contributed by atoms with van der Waals surface area (Å²) in [7, 11) is 0. The highest BCUT2D eigenvalue weighted by Gasteiger charge is 2.32. The van der Waals surface area contributed by atoms with Gasteiger partial charge in [-0.25, -0.2) is 4.98 Å². The summed E-state index contributed by atoms with van der Waals surface area (Å²) in [6.07, 6.45) is 2.81. The van der Waals surface area contributed by atoms with Crippen molar-refractivity contribution in [2.75, 3.05) is 5.73 Å². The molecule has 0 aliphatic heterocycles. The molecule has 0 radical (unpaired) electrons. The fraction of sp³-hybridized carbons (Fsp3) is 0.267. The normalized spacial score (nSPS) is 18.9. The van der Waals surface area contributed by atoms with E-state index >= 15 is 0 Å². The van der Waals surface area contributed by atoms with E-state index in [1.54, 1.807) is 6.20 Å². The Morgan fingerprint density at radius 1 is 1.33 bits per heavy atom.